The molecule has 0 aromatic heterocycles. The van der Waals surface area contributed by atoms with Gasteiger partial charge in [-0.2, -0.15) is 10.1 Å². The van der Waals surface area contributed by atoms with E-state index in [9.17, 15) is 0 Å². The molecule has 10 heteroatoms. The largest absolute Gasteiger partial charge is 0.352 e. The molecule has 10 nitrogen and oxygen atoms in total. The van der Waals surface area contributed by atoms with Gasteiger partial charge >= 0.3 is 0 Å². The Morgan fingerprint density at radius 1 is 0.500 bits per heavy atom. The Hall–Kier alpha value is -1.96. The zero-order chi connectivity index (χ0) is 47.9. The van der Waals surface area contributed by atoms with E-state index in [2.05, 4.69) is 161 Å². The number of ether oxygens (including phenoxy) is 6. The molecule has 0 radical (unpaired) electrons. The van der Waals surface area contributed by atoms with Crippen LogP contribution in [0, 0.1) is 10.8 Å². The van der Waals surface area contributed by atoms with Crippen LogP contribution in [-0.4, -0.2) is 89.8 Å². The van der Waals surface area contributed by atoms with Crippen LogP contribution in [0.25, 0.3) is 0 Å². The monoisotopic (exact) mass is 921 g/mol. The molecule has 0 amide bonds. The Kier molecular flexibility index (Phi) is 17.8. The van der Waals surface area contributed by atoms with E-state index >= 15 is 0 Å². The fourth-order valence-corrected chi connectivity index (χ4v) is 11.8. The summed E-state index contributed by atoms with van der Waals surface area (Å²) in [7, 11) is 0. The summed E-state index contributed by atoms with van der Waals surface area (Å²) in [6.07, 6.45) is 12.1. The first kappa shape index (κ1) is 53.4. The van der Waals surface area contributed by atoms with Crippen molar-refractivity contribution in [2.75, 3.05) is 39.6 Å². The molecule has 2 unspecified atom stereocenters. The third-order valence-corrected chi connectivity index (χ3v) is 16.5. The van der Waals surface area contributed by atoms with Gasteiger partial charge < -0.3 is 28.4 Å². The zero-order valence-corrected chi connectivity index (χ0v) is 43.8. The van der Waals surface area contributed by atoms with Gasteiger partial charge in [-0.1, -0.05) is 122 Å². The molecule has 4 aliphatic rings. The number of hydrogen-bond acceptors (Lipinski definition) is 10. The lowest BCUT2D eigenvalue weighted by molar-refractivity contribution is -0.400. The van der Waals surface area contributed by atoms with E-state index in [1.165, 1.54) is 11.1 Å². The Balaban J connectivity index is 1.09. The second kappa shape index (κ2) is 22.0. The maximum absolute atomic E-state index is 7.04. The maximum Gasteiger partial charge on any atom is 0.172 e. The third-order valence-electron chi connectivity index (χ3n) is 16.5. The zero-order valence-electron chi connectivity index (χ0n) is 43.8. The lowest BCUT2D eigenvalue weighted by Crippen LogP contribution is -2.70. The highest BCUT2D eigenvalue weighted by atomic mass is 16.7. The van der Waals surface area contributed by atoms with Crippen molar-refractivity contribution in [2.45, 2.75) is 232 Å². The van der Waals surface area contributed by atoms with Gasteiger partial charge in [0, 0.05) is 47.6 Å². The summed E-state index contributed by atoms with van der Waals surface area (Å²) < 4.78 is 41.9. The molecule has 2 spiro atoms. The van der Waals surface area contributed by atoms with E-state index in [-0.39, 0.29) is 51.5 Å². The van der Waals surface area contributed by atoms with Gasteiger partial charge in [-0.05, 0) is 104 Å². The first-order chi connectivity index (χ1) is 31.4. The molecule has 2 aromatic rings. The molecule has 2 aromatic carbocycles. The van der Waals surface area contributed by atoms with Crippen molar-refractivity contribution >= 4 is 0 Å². The lowest BCUT2D eigenvalue weighted by atomic mass is 9.72. The number of unbranched alkanes of at least 4 members (excludes halogenated alkanes) is 2. The van der Waals surface area contributed by atoms with E-state index < -0.39 is 11.6 Å². The number of nitrogens with zero attached hydrogens (tertiary/aromatic N) is 2. The number of hydrogen-bond donors (Lipinski definition) is 0. The van der Waals surface area contributed by atoms with Gasteiger partial charge in [-0.15, -0.1) is 0 Å². The topological polar surface area (TPSA) is 80.3 Å². The van der Waals surface area contributed by atoms with Crippen LogP contribution in [0.4, 0.5) is 0 Å². The minimum Gasteiger partial charge on any atom is -0.352 e. The summed E-state index contributed by atoms with van der Waals surface area (Å²) in [4.78, 5) is 13.8. The molecule has 0 saturated carbocycles. The molecular weight excluding hydrogens is 829 g/mol. The minimum absolute atomic E-state index is 0.0718. The smallest absolute Gasteiger partial charge is 0.172 e. The number of hydroxylamine groups is 4. The van der Waals surface area contributed by atoms with Crippen LogP contribution in [0.15, 0.2) is 60.7 Å². The SMILES string of the molecule is CCCCCC(OCC1(CC)COC2(CC(C)(C)N(OC(C)c3ccccc3)C(CC)(CC)C2)OC1)OCC1(CC)COC2(CC(C)(C)N(OC(C)c3ccccc3)C(CC)(CC)C2)OC1. The fraction of sp³-hybridized carbons (Fsp3) is 0.786. The van der Waals surface area contributed by atoms with Crippen molar-refractivity contribution in [3.8, 4) is 0 Å². The van der Waals surface area contributed by atoms with Gasteiger partial charge in [0.2, 0.25) is 0 Å². The molecule has 4 heterocycles. The Bertz CT molecular complexity index is 1620. The van der Waals surface area contributed by atoms with Crippen LogP contribution in [0.1, 0.15) is 203 Å². The van der Waals surface area contributed by atoms with Crippen LogP contribution in [-0.2, 0) is 38.1 Å². The van der Waals surface area contributed by atoms with E-state index in [1.54, 1.807) is 0 Å². The van der Waals surface area contributed by atoms with E-state index in [0.29, 0.717) is 52.5 Å². The Morgan fingerprint density at radius 2 is 0.864 bits per heavy atom. The van der Waals surface area contributed by atoms with Crippen LogP contribution < -0.4 is 0 Å². The number of piperidine rings is 2. The van der Waals surface area contributed by atoms with Crippen molar-refractivity contribution < 1.29 is 38.1 Å². The van der Waals surface area contributed by atoms with Crippen LogP contribution >= 0.6 is 0 Å². The maximum atomic E-state index is 7.04. The summed E-state index contributed by atoms with van der Waals surface area (Å²) in [5.74, 6) is -1.39. The lowest BCUT2D eigenvalue weighted by Gasteiger charge is -2.61. The average Bonchev–Trinajstić information content (AvgIpc) is 3.33. The van der Waals surface area contributed by atoms with Crippen molar-refractivity contribution in [1.82, 2.24) is 10.1 Å². The average molecular weight is 921 g/mol. The van der Waals surface area contributed by atoms with Crippen molar-refractivity contribution in [2.24, 2.45) is 10.8 Å². The molecule has 4 aliphatic heterocycles. The van der Waals surface area contributed by atoms with Crippen molar-refractivity contribution in [3.05, 3.63) is 71.8 Å². The van der Waals surface area contributed by atoms with Crippen molar-refractivity contribution in [3.63, 3.8) is 0 Å². The summed E-state index contributed by atoms with van der Waals surface area (Å²) in [6, 6.07) is 21.0. The van der Waals surface area contributed by atoms with Crippen LogP contribution in [0.3, 0.4) is 0 Å². The Labute approximate surface area is 401 Å². The highest BCUT2D eigenvalue weighted by molar-refractivity contribution is 5.18. The summed E-state index contributed by atoms with van der Waals surface area (Å²) in [5, 5.41) is 4.61. The van der Waals surface area contributed by atoms with E-state index in [0.717, 1.165) is 77.0 Å². The minimum atomic E-state index is -0.694. The van der Waals surface area contributed by atoms with Crippen molar-refractivity contribution in [1.29, 1.82) is 0 Å². The summed E-state index contributed by atoms with van der Waals surface area (Å²) in [5.41, 5.74) is 0.654. The molecular formula is C56H92N2O8. The van der Waals surface area contributed by atoms with Crippen LogP contribution in [0.2, 0.25) is 0 Å². The van der Waals surface area contributed by atoms with Gasteiger partial charge in [0.15, 0.2) is 17.9 Å². The molecule has 0 N–H and O–H groups in total. The van der Waals surface area contributed by atoms with Gasteiger partial charge in [-0.3, -0.25) is 9.68 Å². The second-order valence-electron chi connectivity index (χ2n) is 22.3. The standard InChI is InChI=1S/C56H92N2O8/c1-14-21-24-33-48(59-38-51(15-2)40-61-55(62-41-51)34-49(10,11)57(53(17-4,18-5)36-55)65-44(8)46-29-25-22-26-30-46)60-39-52(16-3)42-63-56(64-43-52)35-50(12,13)58(54(19-6,20-7)37-56)66-45(9)47-31-27-23-28-32-47/h22-23,25-32,44-45,48H,14-21,24,33-43H2,1-13H3. The van der Waals surface area contributed by atoms with Gasteiger partial charge in [0.05, 0.1) is 50.7 Å². The molecule has 4 saturated heterocycles. The van der Waals surface area contributed by atoms with E-state index in [4.69, 9.17) is 38.1 Å². The van der Waals surface area contributed by atoms with Crippen LogP contribution in [0.5, 0.6) is 0 Å². The predicted octanol–water partition coefficient (Wildman–Crippen LogP) is 13.5. The predicted molar refractivity (Wildman–Crippen MR) is 263 cm³/mol. The first-order valence-electron chi connectivity index (χ1n) is 26.2. The number of benzene rings is 2. The highest BCUT2D eigenvalue weighted by Gasteiger charge is 2.61. The molecule has 0 bridgehead atoms. The van der Waals surface area contributed by atoms with Gasteiger partial charge in [0.1, 0.15) is 12.2 Å². The molecule has 66 heavy (non-hydrogen) atoms. The van der Waals surface area contributed by atoms with Gasteiger partial charge in [0.25, 0.3) is 0 Å². The normalized spacial score (nSPS) is 28.3. The molecule has 374 valence electrons. The number of rotatable bonds is 22. The molecule has 2 atom stereocenters. The second-order valence-corrected chi connectivity index (χ2v) is 22.3. The third kappa shape index (κ3) is 11.6. The molecule has 6 rings (SSSR count). The fourth-order valence-electron chi connectivity index (χ4n) is 11.8. The summed E-state index contributed by atoms with van der Waals surface area (Å²) >= 11 is 0. The molecule has 0 aliphatic carbocycles. The highest BCUT2D eigenvalue weighted by Crippen LogP contribution is 2.54. The Morgan fingerprint density at radius 3 is 1.18 bits per heavy atom. The van der Waals surface area contributed by atoms with E-state index in [1.807, 2.05) is 0 Å². The first-order valence-corrected chi connectivity index (χ1v) is 26.2. The van der Waals surface area contributed by atoms with Gasteiger partial charge in [-0.25, -0.2) is 0 Å². The summed E-state index contributed by atoms with van der Waals surface area (Å²) in [6.45, 7) is 32.6. The quantitative estimate of drug-likeness (QED) is 0.0841. The molecule has 4 fully saturated rings.